The molecule has 1 fully saturated rings. The number of thiazole rings is 1. The van der Waals surface area contributed by atoms with Gasteiger partial charge in [-0.1, -0.05) is 29.8 Å². The Morgan fingerprint density at radius 1 is 1.12 bits per heavy atom. The third-order valence-corrected chi connectivity index (χ3v) is 6.43. The standard InChI is InChI=1S/C25H29N3O4S/c1-18-3-7-21(8-4-18)32-16-24-27-22(17-33-24)25(29)26-15-23(28-11-13-31-14-12-28)19-5-9-20(30-2)10-6-19/h3-10,17,23H,11-16H2,1-2H3,(H,26,29). The summed E-state index contributed by atoms with van der Waals surface area (Å²) in [7, 11) is 1.66. The van der Waals surface area contributed by atoms with Crippen molar-refractivity contribution in [2.24, 2.45) is 0 Å². The summed E-state index contributed by atoms with van der Waals surface area (Å²) < 4.78 is 16.6. The molecule has 1 aromatic heterocycles. The van der Waals surface area contributed by atoms with Gasteiger partial charge in [-0.15, -0.1) is 11.3 Å². The van der Waals surface area contributed by atoms with E-state index in [4.69, 9.17) is 14.2 Å². The van der Waals surface area contributed by atoms with Crippen molar-refractivity contribution in [3.05, 3.63) is 75.7 Å². The van der Waals surface area contributed by atoms with E-state index in [2.05, 4.69) is 27.3 Å². The first-order valence-corrected chi connectivity index (χ1v) is 11.9. The number of hydrogen-bond donors (Lipinski definition) is 1. The molecule has 174 valence electrons. The lowest BCUT2D eigenvalue weighted by Gasteiger charge is -2.35. The van der Waals surface area contributed by atoms with E-state index >= 15 is 0 Å². The minimum Gasteiger partial charge on any atom is -0.497 e. The van der Waals surface area contributed by atoms with Gasteiger partial charge in [0, 0.05) is 25.0 Å². The molecule has 3 aromatic rings. The number of benzene rings is 2. The molecule has 33 heavy (non-hydrogen) atoms. The molecular weight excluding hydrogens is 438 g/mol. The lowest BCUT2D eigenvalue weighted by Crippen LogP contribution is -2.43. The lowest BCUT2D eigenvalue weighted by molar-refractivity contribution is 0.0162. The number of nitrogens with zero attached hydrogens (tertiary/aromatic N) is 2. The van der Waals surface area contributed by atoms with Crippen molar-refractivity contribution in [3.63, 3.8) is 0 Å². The van der Waals surface area contributed by atoms with Gasteiger partial charge in [0.15, 0.2) is 0 Å². The maximum Gasteiger partial charge on any atom is 0.270 e. The number of carbonyl (C=O) groups excluding carboxylic acids is 1. The van der Waals surface area contributed by atoms with Crippen LogP contribution in [-0.2, 0) is 11.3 Å². The summed E-state index contributed by atoms with van der Waals surface area (Å²) in [5.41, 5.74) is 2.72. The predicted molar refractivity (Wildman–Crippen MR) is 128 cm³/mol. The maximum atomic E-state index is 12.8. The Bertz CT molecular complexity index is 1030. The van der Waals surface area contributed by atoms with Gasteiger partial charge in [-0.25, -0.2) is 4.98 Å². The molecule has 0 saturated carbocycles. The first-order chi connectivity index (χ1) is 16.1. The summed E-state index contributed by atoms with van der Waals surface area (Å²) in [6.07, 6.45) is 0. The molecular formula is C25H29N3O4S. The molecule has 0 radical (unpaired) electrons. The van der Waals surface area contributed by atoms with Gasteiger partial charge < -0.3 is 19.5 Å². The number of aryl methyl sites for hydroxylation is 1. The normalized spacial score (nSPS) is 15.1. The van der Waals surface area contributed by atoms with Crippen molar-refractivity contribution in [3.8, 4) is 11.5 Å². The Morgan fingerprint density at radius 3 is 2.52 bits per heavy atom. The highest BCUT2D eigenvalue weighted by Crippen LogP contribution is 2.24. The van der Waals surface area contributed by atoms with E-state index in [0.717, 1.165) is 35.2 Å². The van der Waals surface area contributed by atoms with Gasteiger partial charge >= 0.3 is 0 Å². The van der Waals surface area contributed by atoms with Gasteiger partial charge in [-0.3, -0.25) is 9.69 Å². The van der Waals surface area contributed by atoms with Gasteiger partial charge in [0.05, 0.1) is 26.4 Å². The largest absolute Gasteiger partial charge is 0.497 e. The summed E-state index contributed by atoms with van der Waals surface area (Å²) >= 11 is 1.43. The van der Waals surface area contributed by atoms with E-state index in [1.165, 1.54) is 16.9 Å². The van der Waals surface area contributed by atoms with Crippen molar-refractivity contribution < 1.29 is 19.0 Å². The van der Waals surface area contributed by atoms with E-state index in [-0.39, 0.29) is 11.9 Å². The van der Waals surface area contributed by atoms with Crippen LogP contribution in [0.4, 0.5) is 0 Å². The number of methoxy groups -OCH3 is 1. The zero-order valence-corrected chi connectivity index (χ0v) is 19.8. The number of rotatable bonds is 9. The molecule has 2 aromatic carbocycles. The molecule has 1 unspecified atom stereocenters. The molecule has 1 saturated heterocycles. The second kappa shape index (κ2) is 11.3. The van der Waals surface area contributed by atoms with Crippen molar-refractivity contribution in [2.45, 2.75) is 19.6 Å². The summed E-state index contributed by atoms with van der Waals surface area (Å²) in [6.45, 7) is 5.89. The topological polar surface area (TPSA) is 72.9 Å². The SMILES string of the molecule is COc1ccc(C(CNC(=O)c2csc(COc3ccc(C)cc3)n2)N2CCOCC2)cc1. The average Bonchev–Trinajstić information content (AvgIpc) is 3.34. The summed E-state index contributed by atoms with van der Waals surface area (Å²) in [4.78, 5) is 19.6. The van der Waals surface area contributed by atoms with Crippen LogP contribution in [0.2, 0.25) is 0 Å². The highest BCUT2D eigenvalue weighted by molar-refractivity contribution is 7.09. The minimum absolute atomic E-state index is 0.0479. The fourth-order valence-corrected chi connectivity index (χ4v) is 4.40. The van der Waals surface area contributed by atoms with Crippen molar-refractivity contribution in [2.75, 3.05) is 40.0 Å². The van der Waals surface area contributed by atoms with Crippen LogP contribution in [0.5, 0.6) is 11.5 Å². The Labute approximate surface area is 198 Å². The Morgan fingerprint density at radius 2 is 1.82 bits per heavy atom. The Kier molecular flexibility index (Phi) is 7.93. The van der Waals surface area contributed by atoms with Crippen LogP contribution in [0.1, 0.15) is 32.7 Å². The predicted octanol–water partition coefficient (Wildman–Crippen LogP) is 3.84. The quantitative estimate of drug-likeness (QED) is 0.516. The first kappa shape index (κ1) is 23.2. The number of nitrogens with one attached hydrogen (secondary N) is 1. The van der Waals surface area contributed by atoms with Gasteiger partial charge in [0.1, 0.15) is 28.8 Å². The lowest BCUT2D eigenvalue weighted by atomic mass is 10.0. The van der Waals surface area contributed by atoms with Crippen LogP contribution in [0, 0.1) is 6.92 Å². The molecule has 0 spiro atoms. The molecule has 8 heteroatoms. The maximum absolute atomic E-state index is 12.8. The van der Waals surface area contributed by atoms with Crippen LogP contribution in [-0.4, -0.2) is 55.7 Å². The van der Waals surface area contributed by atoms with Crippen molar-refractivity contribution in [1.29, 1.82) is 0 Å². The second-order valence-electron chi connectivity index (χ2n) is 7.88. The zero-order valence-electron chi connectivity index (χ0n) is 19.0. The third kappa shape index (κ3) is 6.31. The molecule has 1 aliphatic rings. The fraction of sp³-hybridized carbons (Fsp3) is 0.360. The molecule has 2 heterocycles. The summed E-state index contributed by atoms with van der Waals surface area (Å²) in [6, 6.07) is 15.9. The van der Waals surface area contributed by atoms with E-state index < -0.39 is 0 Å². The zero-order chi connectivity index (χ0) is 23.0. The van der Waals surface area contributed by atoms with E-state index in [0.29, 0.717) is 32.1 Å². The van der Waals surface area contributed by atoms with Crippen LogP contribution in [0.25, 0.3) is 0 Å². The van der Waals surface area contributed by atoms with E-state index in [1.807, 2.05) is 43.3 Å². The number of amides is 1. The smallest absolute Gasteiger partial charge is 0.270 e. The Hall–Kier alpha value is -2.94. The van der Waals surface area contributed by atoms with E-state index in [9.17, 15) is 4.79 Å². The van der Waals surface area contributed by atoms with Crippen LogP contribution in [0.15, 0.2) is 53.9 Å². The highest BCUT2D eigenvalue weighted by atomic mass is 32.1. The van der Waals surface area contributed by atoms with Gasteiger partial charge in [-0.05, 0) is 36.8 Å². The molecule has 0 bridgehead atoms. The molecule has 0 aliphatic carbocycles. The summed E-state index contributed by atoms with van der Waals surface area (Å²) in [5.74, 6) is 1.42. The fourth-order valence-electron chi connectivity index (χ4n) is 3.71. The monoisotopic (exact) mass is 467 g/mol. The van der Waals surface area contributed by atoms with Crippen LogP contribution in [0.3, 0.4) is 0 Å². The van der Waals surface area contributed by atoms with Crippen molar-refractivity contribution >= 4 is 17.2 Å². The van der Waals surface area contributed by atoms with Crippen LogP contribution >= 0.6 is 11.3 Å². The second-order valence-corrected chi connectivity index (χ2v) is 8.82. The van der Waals surface area contributed by atoms with Gasteiger partial charge in [0.2, 0.25) is 0 Å². The number of morpholine rings is 1. The molecule has 4 rings (SSSR count). The van der Waals surface area contributed by atoms with Crippen LogP contribution < -0.4 is 14.8 Å². The number of carbonyl (C=O) groups is 1. The Balaban J connectivity index is 1.37. The van der Waals surface area contributed by atoms with E-state index in [1.54, 1.807) is 12.5 Å². The molecule has 1 amide bonds. The number of hydrogen-bond acceptors (Lipinski definition) is 7. The highest BCUT2D eigenvalue weighted by Gasteiger charge is 2.24. The molecule has 1 aliphatic heterocycles. The number of aromatic nitrogens is 1. The summed E-state index contributed by atoms with van der Waals surface area (Å²) in [5, 5.41) is 5.61. The average molecular weight is 468 g/mol. The number of ether oxygens (including phenoxy) is 3. The third-order valence-electron chi connectivity index (χ3n) is 5.61. The first-order valence-electron chi connectivity index (χ1n) is 11.0. The molecule has 7 nitrogen and oxygen atoms in total. The van der Waals surface area contributed by atoms with Gasteiger partial charge in [0.25, 0.3) is 5.91 Å². The molecule has 1 atom stereocenters. The van der Waals surface area contributed by atoms with Crippen molar-refractivity contribution in [1.82, 2.24) is 15.2 Å². The van der Waals surface area contributed by atoms with Gasteiger partial charge in [-0.2, -0.15) is 0 Å². The minimum atomic E-state index is -0.181. The molecule has 1 N–H and O–H groups in total.